The third-order valence-corrected chi connectivity index (χ3v) is 2.66. The number of rotatable bonds is 6. The van der Waals surface area contributed by atoms with Crippen molar-refractivity contribution >= 4 is 5.97 Å². The summed E-state index contributed by atoms with van der Waals surface area (Å²) in [5.41, 5.74) is 1.84. The minimum absolute atomic E-state index is 0.129. The number of benzene rings is 1. The van der Waals surface area contributed by atoms with Crippen molar-refractivity contribution in [2.24, 2.45) is 5.92 Å². The molecule has 1 aromatic carbocycles. The molecule has 0 bridgehead atoms. The van der Waals surface area contributed by atoms with Gasteiger partial charge in [-0.1, -0.05) is 38.1 Å². The molecule has 2 N–H and O–H groups in total. The summed E-state index contributed by atoms with van der Waals surface area (Å²) in [4.78, 5) is 10.5. The van der Waals surface area contributed by atoms with Crippen molar-refractivity contribution in [2.45, 2.75) is 39.2 Å². The van der Waals surface area contributed by atoms with Gasteiger partial charge in [-0.25, -0.2) is 0 Å². The molecule has 0 heterocycles. The number of aliphatic hydroxyl groups excluding tert-OH is 1. The van der Waals surface area contributed by atoms with Crippen molar-refractivity contribution in [1.29, 1.82) is 0 Å². The van der Waals surface area contributed by atoms with E-state index >= 15 is 0 Å². The third kappa shape index (κ3) is 5.00. The first-order chi connectivity index (χ1) is 7.99. The van der Waals surface area contributed by atoms with Gasteiger partial charge in [-0.05, 0) is 29.9 Å². The topological polar surface area (TPSA) is 57.5 Å². The quantitative estimate of drug-likeness (QED) is 0.798. The van der Waals surface area contributed by atoms with E-state index in [4.69, 9.17) is 5.11 Å². The molecular weight excluding hydrogens is 216 g/mol. The Morgan fingerprint density at radius 3 is 2.65 bits per heavy atom. The van der Waals surface area contributed by atoms with Gasteiger partial charge in [0.1, 0.15) is 0 Å². The van der Waals surface area contributed by atoms with Gasteiger partial charge >= 0.3 is 5.97 Å². The number of carbonyl (C=O) groups is 1. The second kappa shape index (κ2) is 6.40. The van der Waals surface area contributed by atoms with Crippen LogP contribution in [-0.2, 0) is 11.2 Å². The van der Waals surface area contributed by atoms with Crippen molar-refractivity contribution in [2.75, 3.05) is 0 Å². The summed E-state index contributed by atoms with van der Waals surface area (Å²) in [6.07, 6.45) is 0.906. The summed E-state index contributed by atoms with van der Waals surface area (Å²) in [5, 5.41) is 18.6. The molecule has 3 nitrogen and oxygen atoms in total. The smallest absolute Gasteiger partial charge is 0.303 e. The zero-order valence-corrected chi connectivity index (χ0v) is 10.4. The van der Waals surface area contributed by atoms with Crippen LogP contribution in [0.5, 0.6) is 0 Å². The fourth-order valence-corrected chi connectivity index (χ4v) is 1.79. The zero-order chi connectivity index (χ0) is 12.8. The number of aliphatic carboxylic acids is 1. The van der Waals surface area contributed by atoms with E-state index in [1.165, 1.54) is 0 Å². The SMILES string of the molecule is CC(C)CC(O)c1cccc(CCC(=O)O)c1. The van der Waals surface area contributed by atoms with Crippen molar-refractivity contribution in [1.82, 2.24) is 0 Å². The first-order valence-corrected chi connectivity index (χ1v) is 5.97. The van der Waals surface area contributed by atoms with E-state index in [1.54, 1.807) is 0 Å². The van der Waals surface area contributed by atoms with Crippen LogP contribution in [0, 0.1) is 5.92 Å². The Balaban J connectivity index is 2.67. The normalized spacial score (nSPS) is 12.7. The summed E-state index contributed by atoms with van der Waals surface area (Å²) in [7, 11) is 0. The lowest BCUT2D eigenvalue weighted by Gasteiger charge is -2.14. The Kier molecular flexibility index (Phi) is 5.16. The van der Waals surface area contributed by atoms with Crippen LogP contribution in [0.25, 0.3) is 0 Å². The highest BCUT2D eigenvalue weighted by atomic mass is 16.4. The molecule has 3 heteroatoms. The lowest BCUT2D eigenvalue weighted by molar-refractivity contribution is -0.136. The molecule has 0 fully saturated rings. The van der Waals surface area contributed by atoms with E-state index in [-0.39, 0.29) is 6.42 Å². The molecule has 0 spiro atoms. The van der Waals surface area contributed by atoms with Crippen LogP contribution in [0.3, 0.4) is 0 Å². The molecule has 1 atom stereocenters. The molecule has 1 aromatic rings. The van der Waals surface area contributed by atoms with Gasteiger partial charge in [-0.15, -0.1) is 0 Å². The molecule has 0 aliphatic carbocycles. The van der Waals surface area contributed by atoms with Crippen LogP contribution in [0.1, 0.15) is 43.9 Å². The van der Waals surface area contributed by atoms with E-state index in [1.807, 2.05) is 24.3 Å². The van der Waals surface area contributed by atoms with Gasteiger partial charge in [-0.2, -0.15) is 0 Å². The number of aliphatic hydroxyl groups is 1. The zero-order valence-electron chi connectivity index (χ0n) is 10.4. The molecule has 0 aliphatic heterocycles. The van der Waals surface area contributed by atoms with Gasteiger partial charge in [0.15, 0.2) is 0 Å². The molecule has 17 heavy (non-hydrogen) atoms. The van der Waals surface area contributed by atoms with Crippen LogP contribution >= 0.6 is 0 Å². The highest BCUT2D eigenvalue weighted by Crippen LogP contribution is 2.22. The van der Waals surface area contributed by atoms with Crippen LogP contribution in [-0.4, -0.2) is 16.2 Å². The first-order valence-electron chi connectivity index (χ1n) is 5.97. The number of hydrogen-bond donors (Lipinski definition) is 2. The predicted octanol–water partition coefficient (Wildman–Crippen LogP) is 2.78. The number of hydrogen-bond acceptors (Lipinski definition) is 2. The maximum atomic E-state index is 10.5. The number of carboxylic acids is 1. The van der Waals surface area contributed by atoms with Gasteiger partial charge < -0.3 is 10.2 Å². The summed E-state index contributed by atoms with van der Waals surface area (Å²) < 4.78 is 0. The molecule has 0 amide bonds. The van der Waals surface area contributed by atoms with Crippen LogP contribution < -0.4 is 0 Å². The molecule has 0 saturated carbocycles. The molecule has 94 valence electrons. The van der Waals surface area contributed by atoms with Gasteiger partial charge in [0.25, 0.3) is 0 Å². The fraction of sp³-hybridized carbons (Fsp3) is 0.500. The maximum Gasteiger partial charge on any atom is 0.303 e. The van der Waals surface area contributed by atoms with Crippen molar-refractivity contribution in [3.8, 4) is 0 Å². The largest absolute Gasteiger partial charge is 0.481 e. The van der Waals surface area contributed by atoms with E-state index in [9.17, 15) is 9.90 Å². The molecular formula is C14H20O3. The van der Waals surface area contributed by atoms with Gasteiger partial charge in [0.2, 0.25) is 0 Å². The monoisotopic (exact) mass is 236 g/mol. The maximum absolute atomic E-state index is 10.5. The number of aryl methyl sites for hydroxylation is 1. The lowest BCUT2D eigenvalue weighted by Crippen LogP contribution is -2.03. The molecule has 0 aliphatic rings. The first kappa shape index (κ1) is 13.7. The van der Waals surface area contributed by atoms with Crippen molar-refractivity contribution in [3.05, 3.63) is 35.4 Å². The second-order valence-electron chi connectivity index (χ2n) is 4.78. The summed E-state index contributed by atoms with van der Waals surface area (Å²) >= 11 is 0. The van der Waals surface area contributed by atoms with E-state index in [0.29, 0.717) is 12.3 Å². The second-order valence-corrected chi connectivity index (χ2v) is 4.78. The van der Waals surface area contributed by atoms with E-state index in [2.05, 4.69) is 13.8 Å². The Morgan fingerprint density at radius 1 is 1.35 bits per heavy atom. The highest BCUT2D eigenvalue weighted by Gasteiger charge is 2.10. The van der Waals surface area contributed by atoms with Crippen molar-refractivity contribution in [3.63, 3.8) is 0 Å². The summed E-state index contributed by atoms with van der Waals surface area (Å²) in [6, 6.07) is 7.55. The Bertz CT molecular complexity index is 371. The van der Waals surface area contributed by atoms with Gasteiger partial charge in [0, 0.05) is 6.42 Å². The Labute approximate surface area is 102 Å². The molecule has 1 rings (SSSR count). The standard InChI is InChI=1S/C14H20O3/c1-10(2)8-13(15)12-5-3-4-11(9-12)6-7-14(16)17/h3-5,9-10,13,15H,6-8H2,1-2H3,(H,16,17). The molecule has 0 aromatic heterocycles. The van der Waals surface area contributed by atoms with Gasteiger partial charge in [-0.3, -0.25) is 4.79 Å². The van der Waals surface area contributed by atoms with Crippen molar-refractivity contribution < 1.29 is 15.0 Å². The molecule has 0 saturated heterocycles. The average molecular weight is 236 g/mol. The summed E-state index contributed by atoms with van der Waals surface area (Å²) in [6.45, 7) is 4.13. The van der Waals surface area contributed by atoms with E-state index < -0.39 is 12.1 Å². The predicted molar refractivity (Wildman–Crippen MR) is 66.8 cm³/mol. The Hall–Kier alpha value is -1.35. The van der Waals surface area contributed by atoms with Gasteiger partial charge in [0.05, 0.1) is 6.10 Å². The Morgan fingerprint density at radius 2 is 2.06 bits per heavy atom. The van der Waals surface area contributed by atoms with Crippen LogP contribution in [0.15, 0.2) is 24.3 Å². The van der Waals surface area contributed by atoms with Crippen LogP contribution in [0.2, 0.25) is 0 Å². The highest BCUT2D eigenvalue weighted by molar-refractivity contribution is 5.67. The lowest BCUT2D eigenvalue weighted by atomic mass is 9.97. The minimum atomic E-state index is -0.793. The summed E-state index contributed by atoms with van der Waals surface area (Å²) in [5.74, 6) is -0.356. The fourth-order valence-electron chi connectivity index (χ4n) is 1.79. The third-order valence-electron chi connectivity index (χ3n) is 2.66. The number of carboxylic acid groups (broad SMARTS) is 1. The molecule has 0 radical (unpaired) electrons. The van der Waals surface area contributed by atoms with Crippen LogP contribution in [0.4, 0.5) is 0 Å². The minimum Gasteiger partial charge on any atom is -0.481 e. The van der Waals surface area contributed by atoms with E-state index in [0.717, 1.165) is 17.5 Å². The molecule has 1 unspecified atom stereocenters. The average Bonchev–Trinajstić information content (AvgIpc) is 2.26.